The first-order valence-corrected chi connectivity index (χ1v) is 6.64. The van der Waals surface area contributed by atoms with E-state index < -0.39 is 11.5 Å². The Hall–Kier alpha value is -2.14. The van der Waals surface area contributed by atoms with Gasteiger partial charge in [-0.2, -0.15) is 0 Å². The Labute approximate surface area is 115 Å². The molecule has 1 aliphatic rings. The lowest BCUT2D eigenvalue weighted by Gasteiger charge is -2.41. The number of carbonyl (C=O) groups excluding carboxylic acids is 1. The van der Waals surface area contributed by atoms with E-state index in [4.69, 9.17) is 5.73 Å². The van der Waals surface area contributed by atoms with E-state index in [0.717, 1.165) is 30.2 Å². The third-order valence-corrected chi connectivity index (χ3v) is 4.34. The highest BCUT2D eigenvalue weighted by atomic mass is 16.3. The Morgan fingerprint density at radius 1 is 1.35 bits per heavy atom. The molecule has 0 spiro atoms. The van der Waals surface area contributed by atoms with Gasteiger partial charge >= 0.3 is 0 Å². The van der Waals surface area contributed by atoms with Gasteiger partial charge in [-0.1, -0.05) is 18.6 Å². The van der Waals surface area contributed by atoms with E-state index in [9.17, 15) is 14.7 Å². The summed E-state index contributed by atoms with van der Waals surface area (Å²) in [4.78, 5) is 25.6. The van der Waals surface area contributed by atoms with E-state index in [1.165, 1.54) is 6.07 Å². The van der Waals surface area contributed by atoms with Crippen LogP contribution in [-0.2, 0) is 5.41 Å². The van der Waals surface area contributed by atoms with Gasteiger partial charge in [-0.25, -0.2) is 0 Å². The number of hydrogen-bond acceptors (Lipinski definition) is 3. The number of primary amides is 1. The molecule has 1 heterocycles. The van der Waals surface area contributed by atoms with Crippen molar-refractivity contribution in [2.75, 3.05) is 6.61 Å². The van der Waals surface area contributed by atoms with Gasteiger partial charge in [-0.15, -0.1) is 0 Å². The fourth-order valence-electron chi connectivity index (χ4n) is 2.86. The minimum Gasteiger partial charge on any atom is -0.395 e. The number of nitrogens with two attached hydrogens (primary N) is 1. The highest BCUT2D eigenvalue weighted by Gasteiger charge is 2.38. The lowest BCUT2D eigenvalue weighted by atomic mass is 9.65. The molecule has 1 aromatic heterocycles. The summed E-state index contributed by atoms with van der Waals surface area (Å²) < 4.78 is 0. The number of rotatable bonds is 3. The fraction of sp³-hybridized carbons (Fsp3) is 0.333. The van der Waals surface area contributed by atoms with Crippen LogP contribution in [0.15, 0.2) is 29.1 Å². The van der Waals surface area contributed by atoms with E-state index >= 15 is 0 Å². The van der Waals surface area contributed by atoms with E-state index in [2.05, 4.69) is 4.98 Å². The zero-order valence-electron chi connectivity index (χ0n) is 11.0. The molecule has 0 saturated heterocycles. The highest BCUT2D eigenvalue weighted by molar-refractivity contribution is 5.96. The van der Waals surface area contributed by atoms with Gasteiger partial charge in [-0.05, 0) is 35.9 Å². The topological polar surface area (TPSA) is 96.2 Å². The number of carbonyl (C=O) groups is 1. The molecule has 0 aliphatic heterocycles. The lowest BCUT2D eigenvalue weighted by molar-refractivity contribution is 0.0999. The molecule has 0 radical (unpaired) electrons. The van der Waals surface area contributed by atoms with Gasteiger partial charge in [0.05, 0.1) is 6.61 Å². The number of fused-ring (bicyclic) bond motifs is 1. The first-order chi connectivity index (χ1) is 9.55. The van der Waals surface area contributed by atoms with E-state index in [1.54, 1.807) is 0 Å². The smallest absolute Gasteiger partial charge is 0.261 e. The summed E-state index contributed by atoms with van der Waals surface area (Å²) in [5.74, 6) is -0.733. The number of hydrogen-bond donors (Lipinski definition) is 3. The molecule has 4 N–H and O–H groups in total. The number of aliphatic hydroxyl groups is 1. The first kappa shape index (κ1) is 12.9. The molecule has 0 bridgehead atoms. The van der Waals surface area contributed by atoms with Crippen molar-refractivity contribution in [2.24, 2.45) is 5.73 Å². The SMILES string of the molecule is NC(=O)c1cc2ccc(C3(CO)CCC3)cc2[nH]c1=O. The predicted molar refractivity (Wildman–Crippen MR) is 75.7 cm³/mol. The van der Waals surface area contributed by atoms with Crippen LogP contribution in [0.5, 0.6) is 0 Å². The highest BCUT2D eigenvalue weighted by Crippen LogP contribution is 2.43. The Balaban J connectivity index is 2.15. The summed E-state index contributed by atoms with van der Waals surface area (Å²) in [6, 6.07) is 7.19. The van der Waals surface area contributed by atoms with Crippen LogP contribution in [0.25, 0.3) is 10.9 Å². The summed E-state index contributed by atoms with van der Waals surface area (Å²) in [7, 11) is 0. The number of amides is 1. The molecule has 1 amide bonds. The van der Waals surface area contributed by atoms with Crippen LogP contribution < -0.4 is 11.3 Å². The van der Waals surface area contributed by atoms with Crippen LogP contribution >= 0.6 is 0 Å². The molecule has 2 aromatic rings. The standard InChI is InChI=1S/C15H16N2O3/c16-13(19)11-6-9-2-3-10(7-12(9)17-14(11)20)15(8-18)4-1-5-15/h2-3,6-7,18H,1,4-5,8H2,(H2,16,19)(H,17,20). The molecule has 1 aliphatic carbocycles. The summed E-state index contributed by atoms with van der Waals surface area (Å²) in [5.41, 5.74) is 6.17. The Kier molecular flexibility index (Phi) is 2.87. The Morgan fingerprint density at radius 3 is 2.65 bits per heavy atom. The monoisotopic (exact) mass is 272 g/mol. The number of aromatic amines is 1. The van der Waals surface area contributed by atoms with Crippen LogP contribution in [0.3, 0.4) is 0 Å². The zero-order valence-corrected chi connectivity index (χ0v) is 11.0. The summed E-state index contributed by atoms with van der Waals surface area (Å²) >= 11 is 0. The van der Waals surface area contributed by atoms with Crippen molar-refractivity contribution in [3.63, 3.8) is 0 Å². The van der Waals surface area contributed by atoms with E-state index in [1.807, 2.05) is 18.2 Å². The Morgan fingerprint density at radius 2 is 2.10 bits per heavy atom. The summed E-state index contributed by atoms with van der Waals surface area (Å²) in [6.45, 7) is 0.113. The quantitative estimate of drug-likeness (QED) is 0.779. The minimum absolute atomic E-state index is 0.0363. The van der Waals surface area contributed by atoms with Crippen molar-refractivity contribution in [1.29, 1.82) is 0 Å². The molecule has 104 valence electrons. The number of nitrogens with one attached hydrogen (secondary N) is 1. The largest absolute Gasteiger partial charge is 0.395 e. The van der Waals surface area contributed by atoms with Crippen molar-refractivity contribution in [1.82, 2.24) is 4.98 Å². The second kappa shape index (κ2) is 4.45. The maximum absolute atomic E-state index is 11.8. The minimum atomic E-state index is -0.733. The predicted octanol–water partition coefficient (Wildman–Crippen LogP) is 1.04. The maximum atomic E-state index is 11.8. The molecule has 1 aromatic carbocycles. The van der Waals surface area contributed by atoms with Crippen molar-refractivity contribution in [3.05, 3.63) is 45.7 Å². The van der Waals surface area contributed by atoms with Gasteiger partial charge in [-0.3, -0.25) is 9.59 Å². The molecular formula is C15H16N2O3. The summed E-state index contributed by atoms with van der Waals surface area (Å²) in [5, 5.41) is 10.4. The number of aliphatic hydroxyl groups excluding tert-OH is 1. The molecule has 0 atom stereocenters. The summed E-state index contributed by atoms with van der Waals surface area (Å²) in [6.07, 6.45) is 3.02. The second-order valence-corrected chi connectivity index (χ2v) is 5.47. The van der Waals surface area contributed by atoms with Crippen molar-refractivity contribution in [3.8, 4) is 0 Å². The number of H-pyrrole nitrogens is 1. The Bertz CT molecular complexity index is 739. The third-order valence-electron chi connectivity index (χ3n) is 4.34. The van der Waals surface area contributed by atoms with E-state index in [0.29, 0.717) is 5.52 Å². The van der Waals surface area contributed by atoms with Gasteiger partial charge in [0, 0.05) is 10.9 Å². The molecule has 1 saturated carbocycles. The molecule has 5 nitrogen and oxygen atoms in total. The molecule has 0 unspecified atom stereocenters. The second-order valence-electron chi connectivity index (χ2n) is 5.47. The van der Waals surface area contributed by atoms with Crippen LogP contribution in [0, 0.1) is 0 Å². The van der Waals surface area contributed by atoms with Crippen molar-refractivity contribution >= 4 is 16.8 Å². The third kappa shape index (κ3) is 1.82. The zero-order chi connectivity index (χ0) is 14.3. The van der Waals surface area contributed by atoms with Gasteiger partial charge in [0.25, 0.3) is 11.5 Å². The lowest BCUT2D eigenvalue weighted by Crippen LogP contribution is -2.37. The average Bonchev–Trinajstić information content (AvgIpc) is 2.36. The van der Waals surface area contributed by atoms with Crippen LogP contribution in [0.2, 0.25) is 0 Å². The molecule has 20 heavy (non-hydrogen) atoms. The van der Waals surface area contributed by atoms with Gasteiger partial charge in [0.1, 0.15) is 5.56 Å². The van der Waals surface area contributed by atoms with Gasteiger partial charge in [0.2, 0.25) is 0 Å². The molecular weight excluding hydrogens is 256 g/mol. The molecule has 5 heteroatoms. The molecule has 3 rings (SSSR count). The number of benzene rings is 1. The van der Waals surface area contributed by atoms with Crippen molar-refractivity contribution in [2.45, 2.75) is 24.7 Å². The van der Waals surface area contributed by atoms with Crippen LogP contribution in [0.1, 0.15) is 35.2 Å². The van der Waals surface area contributed by atoms with Crippen LogP contribution in [0.4, 0.5) is 0 Å². The fourth-order valence-corrected chi connectivity index (χ4v) is 2.86. The number of aromatic nitrogens is 1. The van der Waals surface area contributed by atoms with Gasteiger partial charge < -0.3 is 15.8 Å². The van der Waals surface area contributed by atoms with Crippen LogP contribution in [-0.4, -0.2) is 22.6 Å². The molecule has 1 fully saturated rings. The first-order valence-electron chi connectivity index (χ1n) is 6.64. The maximum Gasteiger partial charge on any atom is 0.261 e. The average molecular weight is 272 g/mol. The normalized spacial score (nSPS) is 16.9. The van der Waals surface area contributed by atoms with Gasteiger partial charge in [0.15, 0.2) is 0 Å². The van der Waals surface area contributed by atoms with Crippen molar-refractivity contribution < 1.29 is 9.90 Å². The number of pyridine rings is 1. The van der Waals surface area contributed by atoms with E-state index in [-0.39, 0.29) is 17.6 Å².